The van der Waals surface area contributed by atoms with Crippen molar-refractivity contribution in [1.82, 2.24) is 4.90 Å². The number of benzene rings is 1. The van der Waals surface area contributed by atoms with Crippen LogP contribution < -0.4 is 0 Å². The molecular weight excluding hydrogens is 212 g/mol. The molecule has 1 rings (SSSR count). The number of rotatable bonds is 3. The van der Waals surface area contributed by atoms with Gasteiger partial charge < -0.3 is 0 Å². The van der Waals surface area contributed by atoms with E-state index >= 15 is 0 Å². The van der Waals surface area contributed by atoms with Gasteiger partial charge in [0, 0.05) is 10.6 Å². The number of Topliss-reactive ketones (excluding diaryl/α,β-unsaturated/α-hetero) is 1. The monoisotopic (exact) mass is 222 g/mol. The Morgan fingerprint density at radius 1 is 1.40 bits per heavy atom. The average Bonchev–Trinajstić information content (AvgIpc) is 2.19. The fraction of sp³-hybridized carbons (Fsp3) is 0.273. The smallest absolute Gasteiger partial charge is 0.194 e. The van der Waals surface area contributed by atoms with Crippen molar-refractivity contribution in [2.45, 2.75) is 6.04 Å². The van der Waals surface area contributed by atoms with Crippen LogP contribution in [0.5, 0.6) is 0 Å². The van der Waals surface area contributed by atoms with Crippen molar-refractivity contribution in [3.63, 3.8) is 0 Å². The van der Waals surface area contributed by atoms with E-state index in [0.717, 1.165) is 0 Å². The molecule has 0 aliphatic rings. The Kier molecular flexibility index (Phi) is 3.84. The van der Waals surface area contributed by atoms with E-state index in [-0.39, 0.29) is 5.78 Å². The lowest BCUT2D eigenvalue weighted by Crippen LogP contribution is -2.34. The quantitative estimate of drug-likeness (QED) is 0.735. The molecule has 4 heteroatoms. The molecule has 1 unspecified atom stereocenters. The molecule has 0 saturated carbocycles. The normalized spacial score (nSPS) is 12.2. The summed E-state index contributed by atoms with van der Waals surface area (Å²) in [7, 11) is 3.39. The van der Waals surface area contributed by atoms with Crippen LogP contribution in [0.1, 0.15) is 10.4 Å². The minimum Gasteiger partial charge on any atom is -0.291 e. The second kappa shape index (κ2) is 4.92. The zero-order valence-corrected chi connectivity index (χ0v) is 9.32. The maximum absolute atomic E-state index is 11.8. The fourth-order valence-corrected chi connectivity index (χ4v) is 1.31. The second-order valence-electron chi connectivity index (χ2n) is 3.37. The molecule has 1 aromatic carbocycles. The number of ketones is 1. The van der Waals surface area contributed by atoms with Crippen molar-refractivity contribution < 1.29 is 4.79 Å². The fourth-order valence-electron chi connectivity index (χ4n) is 1.18. The van der Waals surface area contributed by atoms with Gasteiger partial charge in [0.1, 0.15) is 0 Å². The van der Waals surface area contributed by atoms with Crippen LogP contribution in [-0.2, 0) is 0 Å². The van der Waals surface area contributed by atoms with Gasteiger partial charge >= 0.3 is 0 Å². The minimum atomic E-state index is -0.744. The molecule has 0 aliphatic heterocycles. The van der Waals surface area contributed by atoms with Gasteiger partial charge in [0.05, 0.1) is 6.07 Å². The van der Waals surface area contributed by atoms with Gasteiger partial charge in [-0.2, -0.15) is 5.26 Å². The number of likely N-dealkylation sites (N-methyl/N-ethyl adjacent to an activating group) is 1. The molecule has 0 spiro atoms. The van der Waals surface area contributed by atoms with Crippen molar-refractivity contribution in [1.29, 1.82) is 5.26 Å². The number of hydrogen-bond acceptors (Lipinski definition) is 3. The highest BCUT2D eigenvalue weighted by Gasteiger charge is 2.21. The van der Waals surface area contributed by atoms with Gasteiger partial charge in [-0.05, 0) is 38.4 Å². The SMILES string of the molecule is CN(C)C(C#N)C(=O)c1ccc(Cl)cc1. The number of carbonyl (C=O) groups is 1. The standard InChI is InChI=1S/C11H11ClN2O/c1-14(2)10(7-13)11(15)8-3-5-9(12)6-4-8/h3-6,10H,1-2H3. The van der Waals surface area contributed by atoms with Crippen LogP contribution in [0, 0.1) is 11.3 Å². The first-order chi connectivity index (χ1) is 7.06. The molecule has 1 aromatic rings. The maximum Gasteiger partial charge on any atom is 0.194 e. The Labute approximate surface area is 93.9 Å². The molecular formula is C11H11ClN2O. The third-order valence-electron chi connectivity index (χ3n) is 2.02. The first-order valence-corrected chi connectivity index (χ1v) is 4.80. The number of nitriles is 1. The summed E-state index contributed by atoms with van der Waals surface area (Å²) in [5.74, 6) is -0.209. The summed E-state index contributed by atoms with van der Waals surface area (Å²) < 4.78 is 0. The Balaban J connectivity index is 2.94. The van der Waals surface area contributed by atoms with E-state index in [1.807, 2.05) is 6.07 Å². The summed E-state index contributed by atoms with van der Waals surface area (Å²) in [6.45, 7) is 0. The molecule has 78 valence electrons. The Bertz CT molecular complexity index is 392. The molecule has 0 N–H and O–H groups in total. The number of nitrogens with zero attached hydrogens (tertiary/aromatic N) is 2. The zero-order valence-electron chi connectivity index (χ0n) is 8.57. The summed E-state index contributed by atoms with van der Waals surface area (Å²) in [6, 6.07) is 7.74. The second-order valence-corrected chi connectivity index (χ2v) is 3.80. The lowest BCUT2D eigenvalue weighted by molar-refractivity contribution is 0.0917. The van der Waals surface area contributed by atoms with E-state index in [2.05, 4.69) is 0 Å². The van der Waals surface area contributed by atoms with E-state index in [9.17, 15) is 4.79 Å². The highest BCUT2D eigenvalue weighted by atomic mass is 35.5. The van der Waals surface area contributed by atoms with Crippen LogP contribution in [0.25, 0.3) is 0 Å². The Hall–Kier alpha value is -1.37. The molecule has 0 heterocycles. The Morgan fingerprint density at radius 3 is 2.33 bits per heavy atom. The molecule has 0 bridgehead atoms. The molecule has 3 nitrogen and oxygen atoms in total. The minimum absolute atomic E-state index is 0.209. The summed E-state index contributed by atoms with van der Waals surface area (Å²) in [5.41, 5.74) is 0.500. The van der Waals surface area contributed by atoms with Gasteiger partial charge in [-0.3, -0.25) is 9.69 Å². The third-order valence-corrected chi connectivity index (χ3v) is 2.27. The van der Waals surface area contributed by atoms with Crippen molar-refractivity contribution in [2.75, 3.05) is 14.1 Å². The first-order valence-electron chi connectivity index (χ1n) is 4.42. The molecule has 0 amide bonds. The van der Waals surface area contributed by atoms with Crippen molar-refractivity contribution >= 4 is 17.4 Å². The van der Waals surface area contributed by atoms with Crippen molar-refractivity contribution in [3.05, 3.63) is 34.9 Å². The number of hydrogen-bond donors (Lipinski definition) is 0. The number of halogens is 1. The molecule has 0 aromatic heterocycles. The highest BCUT2D eigenvalue weighted by Crippen LogP contribution is 2.12. The van der Waals surface area contributed by atoms with Crippen LogP contribution in [0.4, 0.5) is 0 Å². The summed E-state index contributed by atoms with van der Waals surface area (Å²) in [5, 5.41) is 9.42. The van der Waals surface area contributed by atoms with Crippen LogP contribution in [-0.4, -0.2) is 30.8 Å². The topological polar surface area (TPSA) is 44.1 Å². The molecule has 0 fully saturated rings. The Morgan fingerprint density at radius 2 is 1.93 bits per heavy atom. The predicted octanol–water partition coefficient (Wildman–Crippen LogP) is 1.98. The average molecular weight is 223 g/mol. The van der Waals surface area contributed by atoms with Crippen LogP contribution in [0.3, 0.4) is 0 Å². The van der Waals surface area contributed by atoms with E-state index in [0.29, 0.717) is 10.6 Å². The third kappa shape index (κ3) is 2.79. The summed E-state index contributed by atoms with van der Waals surface area (Å²) in [6.07, 6.45) is 0. The van der Waals surface area contributed by atoms with Gasteiger partial charge in [0.15, 0.2) is 11.8 Å². The lowest BCUT2D eigenvalue weighted by atomic mass is 10.0. The summed E-state index contributed by atoms with van der Waals surface area (Å²) in [4.78, 5) is 13.4. The van der Waals surface area contributed by atoms with Crippen molar-refractivity contribution in [2.24, 2.45) is 0 Å². The molecule has 0 aliphatic carbocycles. The van der Waals surface area contributed by atoms with Crippen LogP contribution in [0.2, 0.25) is 5.02 Å². The molecule has 0 radical (unpaired) electrons. The first kappa shape index (κ1) is 11.7. The molecule has 0 saturated heterocycles. The van der Waals surface area contributed by atoms with Crippen LogP contribution >= 0.6 is 11.6 Å². The molecule has 15 heavy (non-hydrogen) atoms. The van der Waals surface area contributed by atoms with E-state index in [1.54, 1.807) is 43.3 Å². The van der Waals surface area contributed by atoms with Gasteiger partial charge in [-0.15, -0.1) is 0 Å². The van der Waals surface area contributed by atoms with Gasteiger partial charge in [-0.1, -0.05) is 11.6 Å². The van der Waals surface area contributed by atoms with Crippen molar-refractivity contribution in [3.8, 4) is 6.07 Å². The van der Waals surface area contributed by atoms with Gasteiger partial charge in [0.25, 0.3) is 0 Å². The lowest BCUT2D eigenvalue weighted by Gasteiger charge is -2.15. The van der Waals surface area contributed by atoms with E-state index in [1.165, 1.54) is 0 Å². The summed E-state index contributed by atoms with van der Waals surface area (Å²) >= 11 is 5.71. The predicted molar refractivity (Wildman–Crippen MR) is 58.9 cm³/mol. The largest absolute Gasteiger partial charge is 0.291 e. The zero-order chi connectivity index (χ0) is 11.4. The highest BCUT2D eigenvalue weighted by molar-refractivity contribution is 6.30. The van der Waals surface area contributed by atoms with Crippen LogP contribution in [0.15, 0.2) is 24.3 Å². The van der Waals surface area contributed by atoms with E-state index in [4.69, 9.17) is 16.9 Å². The maximum atomic E-state index is 11.8. The van der Waals surface area contributed by atoms with E-state index < -0.39 is 6.04 Å². The number of carbonyl (C=O) groups excluding carboxylic acids is 1. The van der Waals surface area contributed by atoms with Gasteiger partial charge in [0.2, 0.25) is 0 Å². The van der Waals surface area contributed by atoms with Gasteiger partial charge in [-0.25, -0.2) is 0 Å². The molecule has 1 atom stereocenters.